The lowest BCUT2D eigenvalue weighted by molar-refractivity contribution is 0.0940. The van der Waals surface area contributed by atoms with Gasteiger partial charge in [-0.25, -0.2) is 8.78 Å². The molecule has 0 saturated carbocycles. The van der Waals surface area contributed by atoms with Crippen molar-refractivity contribution in [2.45, 2.75) is 13.0 Å². The highest BCUT2D eigenvalue weighted by atomic mass is 32.1. The van der Waals surface area contributed by atoms with Gasteiger partial charge < -0.3 is 10.3 Å². The zero-order valence-corrected chi connectivity index (χ0v) is 14.8. The van der Waals surface area contributed by atoms with Crippen molar-refractivity contribution < 1.29 is 13.6 Å². The molecular weight excluding hydrogens is 360 g/mol. The van der Waals surface area contributed by atoms with E-state index < -0.39 is 23.6 Å². The predicted molar refractivity (Wildman–Crippen MR) is 96.6 cm³/mol. The van der Waals surface area contributed by atoms with Crippen LogP contribution in [0.1, 0.15) is 28.9 Å². The molecule has 0 aliphatic carbocycles. The van der Waals surface area contributed by atoms with Gasteiger partial charge in [-0.3, -0.25) is 14.2 Å². The van der Waals surface area contributed by atoms with Crippen molar-refractivity contribution in [2.24, 2.45) is 7.05 Å². The Morgan fingerprint density at radius 1 is 1.19 bits per heavy atom. The van der Waals surface area contributed by atoms with Crippen LogP contribution in [0.25, 0.3) is 10.9 Å². The highest BCUT2D eigenvalue weighted by molar-refractivity contribution is 7.71. The van der Waals surface area contributed by atoms with E-state index >= 15 is 0 Å². The number of H-pyrrole nitrogens is 1. The second kappa shape index (κ2) is 6.80. The predicted octanol–water partition coefficient (Wildman–Crippen LogP) is 3.37. The van der Waals surface area contributed by atoms with Crippen LogP contribution in [0.5, 0.6) is 0 Å². The Hall–Kier alpha value is -2.87. The number of fused-ring (bicyclic) bond motifs is 1. The number of benzene rings is 2. The molecule has 1 atom stereocenters. The van der Waals surface area contributed by atoms with Crippen molar-refractivity contribution >= 4 is 29.0 Å². The van der Waals surface area contributed by atoms with Crippen LogP contribution in [-0.2, 0) is 7.05 Å². The van der Waals surface area contributed by atoms with Crippen LogP contribution in [-0.4, -0.2) is 15.5 Å². The van der Waals surface area contributed by atoms with Gasteiger partial charge in [-0.15, -0.1) is 0 Å². The van der Waals surface area contributed by atoms with Gasteiger partial charge in [-0.05, 0) is 55.0 Å². The van der Waals surface area contributed by atoms with Gasteiger partial charge in [0, 0.05) is 12.6 Å². The highest BCUT2D eigenvalue weighted by Gasteiger charge is 2.14. The number of halogens is 2. The number of aromatic amines is 1. The first-order valence-electron chi connectivity index (χ1n) is 7.77. The lowest BCUT2D eigenvalue weighted by Gasteiger charge is -2.15. The van der Waals surface area contributed by atoms with E-state index in [1.54, 1.807) is 20.0 Å². The summed E-state index contributed by atoms with van der Waals surface area (Å²) in [6, 6.07) is 7.52. The van der Waals surface area contributed by atoms with Crippen LogP contribution in [0.15, 0.2) is 41.2 Å². The van der Waals surface area contributed by atoms with E-state index in [4.69, 9.17) is 12.2 Å². The summed E-state index contributed by atoms with van der Waals surface area (Å²) in [6.07, 6.45) is 0. The van der Waals surface area contributed by atoms with Gasteiger partial charge in [0.05, 0.1) is 16.9 Å². The van der Waals surface area contributed by atoms with Crippen molar-refractivity contribution in [2.75, 3.05) is 0 Å². The van der Waals surface area contributed by atoms with Crippen LogP contribution in [0.4, 0.5) is 8.78 Å². The van der Waals surface area contributed by atoms with Gasteiger partial charge in [-0.2, -0.15) is 0 Å². The van der Waals surface area contributed by atoms with Gasteiger partial charge in [0.1, 0.15) is 0 Å². The molecule has 1 amide bonds. The summed E-state index contributed by atoms with van der Waals surface area (Å²) in [5.41, 5.74) is 0.939. The van der Waals surface area contributed by atoms with E-state index in [1.807, 2.05) is 0 Å². The normalized spacial score (nSPS) is 12.2. The molecule has 0 bridgehead atoms. The maximum atomic E-state index is 13.3. The quantitative estimate of drug-likeness (QED) is 0.690. The second-order valence-electron chi connectivity index (χ2n) is 5.92. The zero-order valence-electron chi connectivity index (χ0n) is 14.0. The number of nitrogens with zero attached hydrogens (tertiary/aromatic N) is 1. The third kappa shape index (κ3) is 3.28. The molecule has 0 fully saturated rings. The molecule has 1 heterocycles. The minimum atomic E-state index is -0.974. The molecular formula is C18H15F2N3O2S. The summed E-state index contributed by atoms with van der Waals surface area (Å²) in [4.78, 5) is 27.5. The number of carbonyl (C=O) groups is 1. The van der Waals surface area contributed by atoms with Gasteiger partial charge in [-0.1, -0.05) is 6.07 Å². The van der Waals surface area contributed by atoms with Crippen molar-refractivity contribution in [3.8, 4) is 0 Å². The molecule has 0 spiro atoms. The van der Waals surface area contributed by atoms with Crippen LogP contribution >= 0.6 is 12.2 Å². The topological polar surface area (TPSA) is 66.9 Å². The molecule has 0 aliphatic heterocycles. The average molecular weight is 375 g/mol. The summed E-state index contributed by atoms with van der Waals surface area (Å²) in [5.74, 6) is -2.33. The molecule has 8 heteroatoms. The van der Waals surface area contributed by atoms with Crippen LogP contribution in [0.2, 0.25) is 0 Å². The van der Waals surface area contributed by atoms with Gasteiger partial charge in [0.15, 0.2) is 16.4 Å². The summed E-state index contributed by atoms with van der Waals surface area (Å²) in [5, 5.41) is 3.12. The van der Waals surface area contributed by atoms with E-state index in [0.29, 0.717) is 22.0 Å². The number of carbonyl (C=O) groups excluding carboxylic acids is 1. The number of hydrogen-bond acceptors (Lipinski definition) is 3. The number of amides is 1. The fourth-order valence-electron chi connectivity index (χ4n) is 2.59. The van der Waals surface area contributed by atoms with Crippen molar-refractivity contribution in [1.82, 2.24) is 14.9 Å². The molecule has 26 heavy (non-hydrogen) atoms. The lowest BCUT2D eigenvalue weighted by atomic mass is 10.1. The number of rotatable bonds is 3. The monoisotopic (exact) mass is 375 g/mol. The average Bonchev–Trinajstić information content (AvgIpc) is 2.61. The third-order valence-electron chi connectivity index (χ3n) is 4.15. The third-order valence-corrected chi connectivity index (χ3v) is 4.53. The minimum absolute atomic E-state index is 0.246. The summed E-state index contributed by atoms with van der Waals surface area (Å²) in [6.45, 7) is 1.66. The number of aromatic nitrogens is 2. The largest absolute Gasteiger partial charge is 0.346 e. The van der Waals surface area contributed by atoms with Gasteiger partial charge in [0.2, 0.25) is 0 Å². The van der Waals surface area contributed by atoms with Crippen LogP contribution in [0.3, 0.4) is 0 Å². The maximum absolute atomic E-state index is 13.3. The second-order valence-corrected chi connectivity index (χ2v) is 6.31. The van der Waals surface area contributed by atoms with E-state index in [-0.39, 0.29) is 10.3 Å². The first-order chi connectivity index (χ1) is 12.3. The standard InChI is InChI=1S/C18H15F2N3O2S/c1-9(10-4-6-13(19)14(20)7-10)21-16(24)11-3-5-12-15(8-11)22-18(26)23(2)17(12)25/h3-9H,1-2H3,(H,21,24)(H,22,26). The molecule has 1 unspecified atom stereocenters. The molecule has 5 nitrogen and oxygen atoms in total. The molecule has 3 rings (SSSR count). The Bertz CT molecular complexity index is 1140. The Kier molecular flexibility index (Phi) is 4.69. The molecule has 134 valence electrons. The number of hydrogen-bond donors (Lipinski definition) is 2. The van der Waals surface area contributed by atoms with Crippen molar-refractivity contribution in [1.29, 1.82) is 0 Å². The van der Waals surface area contributed by atoms with Gasteiger partial charge >= 0.3 is 0 Å². The number of nitrogens with one attached hydrogen (secondary N) is 2. The van der Waals surface area contributed by atoms with E-state index in [0.717, 1.165) is 12.1 Å². The van der Waals surface area contributed by atoms with Crippen LogP contribution < -0.4 is 10.9 Å². The molecule has 3 aromatic rings. The molecule has 2 N–H and O–H groups in total. The smallest absolute Gasteiger partial charge is 0.261 e. The summed E-state index contributed by atoms with van der Waals surface area (Å²) in [7, 11) is 1.56. The molecule has 0 saturated heterocycles. The Morgan fingerprint density at radius 2 is 1.92 bits per heavy atom. The highest BCUT2D eigenvalue weighted by Crippen LogP contribution is 2.17. The van der Waals surface area contributed by atoms with E-state index in [1.165, 1.54) is 22.8 Å². The zero-order chi connectivity index (χ0) is 19.0. The molecule has 1 aromatic heterocycles. The van der Waals surface area contributed by atoms with E-state index in [9.17, 15) is 18.4 Å². The molecule has 0 radical (unpaired) electrons. The maximum Gasteiger partial charge on any atom is 0.261 e. The van der Waals surface area contributed by atoms with Gasteiger partial charge in [0.25, 0.3) is 11.5 Å². The van der Waals surface area contributed by atoms with Crippen molar-refractivity contribution in [3.05, 3.63) is 74.3 Å². The summed E-state index contributed by atoms with van der Waals surface area (Å²) >= 11 is 5.07. The van der Waals surface area contributed by atoms with E-state index in [2.05, 4.69) is 10.3 Å². The molecule has 0 aliphatic rings. The Balaban J connectivity index is 1.90. The van der Waals surface area contributed by atoms with Crippen molar-refractivity contribution in [3.63, 3.8) is 0 Å². The lowest BCUT2D eigenvalue weighted by Crippen LogP contribution is -2.27. The minimum Gasteiger partial charge on any atom is -0.346 e. The fourth-order valence-corrected chi connectivity index (χ4v) is 2.79. The molecule has 2 aromatic carbocycles. The SMILES string of the molecule is CC(NC(=O)c1ccc2c(=O)n(C)c(=S)[nH]c2c1)c1ccc(F)c(F)c1. The first-order valence-corrected chi connectivity index (χ1v) is 8.17. The summed E-state index contributed by atoms with van der Waals surface area (Å²) < 4.78 is 27.9. The fraction of sp³-hybridized carbons (Fsp3) is 0.167. The van der Waals surface area contributed by atoms with Crippen LogP contribution in [0, 0.1) is 16.4 Å². The Labute approximate surface area is 152 Å². The Morgan fingerprint density at radius 3 is 2.62 bits per heavy atom. The first kappa shape index (κ1) is 17.9.